The molecule has 4 heteroatoms. The molecule has 0 saturated carbocycles. The molecule has 0 aliphatic carbocycles. The number of hydrogen-bond acceptors (Lipinski definition) is 2. The predicted octanol–water partition coefficient (Wildman–Crippen LogP) is 5.34. The van der Waals surface area contributed by atoms with Gasteiger partial charge in [-0.2, -0.15) is 0 Å². The van der Waals surface area contributed by atoms with E-state index in [1.54, 1.807) is 0 Å². The van der Waals surface area contributed by atoms with Crippen LogP contribution in [0.4, 0.5) is 0 Å². The van der Waals surface area contributed by atoms with Gasteiger partial charge in [-0.3, -0.25) is 4.98 Å². The largest absolute Gasteiger partial charge is 0.309 e. The fraction of sp³-hybridized carbons (Fsp3) is 0.353. The van der Waals surface area contributed by atoms with Crippen LogP contribution in [0, 0.1) is 0 Å². The zero-order valence-electron chi connectivity index (χ0n) is 12.3. The molecular formula is C17H20BrClN2. The first kappa shape index (κ1) is 16.5. The molecule has 1 N–H and O–H groups in total. The molecule has 0 amide bonds. The number of nitrogens with one attached hydrogen (secondary N) is 1. The van der Waals surface area contributed by atoms with Gasteiger partial charge >= 0.3 is 0 Å². The van der Waals surface area contributed by atoms with Gasteiger partial charge in [-0.1, -0.05) is 47.4 Å². The molecule has 0 saturated heterocycles. The van der Waals surface area contributed by atoms with E-state index in [1.165, 1.54) is 5.56 Å². The number of aromatic nitrogens is 1. The van der Waals surface area contributed by atoms with Crippen molar-refractivity contribution >= 4 is 27.5 Å². The molecule has 2 unspecified atom stereocenters. The first-order valence-corrected chi connectivity index (χ1v) is 8.38. The molecule has 0 spiro atoms. The number of rotatable bonds is 6. The highest BCUT2D eigenvalue weighted by Crippen LogP contribution is 2.35. The second kappa shape index (κ2) is 7.92. The lowest BCUT2D eigenvalue weighted by Crippen LogP contribution is -2.27. The van der Waals surface area contributed by atoms with Gasteiger partial charge in [0.05, 0.1) is 0 Å². The smallest absolute Gasteiger partial charge is 0.0465 e. The molecule has 21 heavy (non-hydrogen) atoms. The number of benzene rings is 1. The monoisotopic (exact) mass is 366 g/mol. The van der Waals surface area contributed by atoms with Gasteiger partial charge in [0, 0.05) is 33.8 Å². The Kier molecular flexibility index (Phi) is 6.22. The number of pyridine rings is 1. The number of hydrogen-bond donors (Lipinski definition) is 1. The van der Waals surface area contributed by atoms with Gasteiger partial charge < -0.3 is 5.32 Å². The zero-order chi connectivity index (χ0) is 15.2. The summed E-state index contributed by atoms with van der Waals surface area (Å²) < 4.78 is 1.00. The molecule has 0 aliphatic heterocycles. The highest BCUT2D eigenvalue weighted by Gasteiger charge is 2.22. The van der Waals surface area contributed by atoms with Crippen LogP contribution >= 0.6 is 27.5 Å². The Hall–Kier alpha value is -0.900. The van der Waals surface area contributed by atoms with E-state index in [2.05, 4.69) is 58.3 Å². The van der Waals surface area contributed by atoms with E-state index < -0.39 is 0 Å². The van der Waals surface area contributed by atoms with Crippen LogP contribution in [-0.4, -0.2) is 11.5 Å². The third-order valence-corrected chi connectivity index (χ3v) is 4.46. The second-order valence-electron chi connectivity index (χ2n) is 5.17. The maximum atomic E-state index is 6.45. The van der Waals surface area contributed by atoms with Crippen LogP contribution in [0.25, 0.3) is 0 Å². The maximum Gasteiger partial charge on any atom is 0.0465 e. The van der Waals surface area contributed by atoms with Gasteiger partial charge in [0.15, 0.2) is 0 Å². The van der Waals surface area contributed by atoms with Gasteiger partial charge in [-0.25, -0.2) is 0 Å². The molecule has 0 fully saturated rings. The molecular weight excluding hydrogens is 348 g/mol. The van der Waals surface area contributed by atoms with Crippen molar-refractivity contribution in [1.82, 2.24) is 10.3 Å². The highest BCUT2D eigenvalue weighted by molar-refractivity contribution is 9.10. The third-order valence-electron chi connectivity index (χ3n) is 3.64. The fourth-order valence-electron chi connectivity index (χ4n) is 2.47. The van der Waals surface area contributed by atoms with E-state index in [-0.39, 0.29) is 6.04 Å². The summed E-state index contributed by atoms with van der Waals surface area (Å²) >= 11 is 9.92. The second-order valence-corrected chi connectivity index (χ2v) is 6.49. The van der Waals surface area contributed by atoms with Crippen molar-refractivity contribution in [1.29, 1.82) is 0 Å². The lowest BCUT2D eigenvalue weighted by molar-refractivity contribution is 0.466. The van der Waals surface area contributed by atoms with E-state index in [9.17, 15) is 0 Å². The van der Waals surface area contributed by atoms with E-state index >= 15 is 0 Å². The summed E-state index contributed by atoms with van der Waals surface area (Å²) in [5.74, 6) is 0.318. The van der Waals surface area contributed by atoms with Gasteiger partial charge in [0.1, 0.15) is 0 Å². The average molecular weight is 368 g/mol. The minimum atomic E-state index is 0.188. The Morgan fingerprint density at radius 2 is 1.95 bits per heavy atom. The molecule has 2 nitrogen and oxygen atoms in total. The quantitative estimate of drug-likeness (QED) is 0.745. The topological polar surface area (TPSA) is 24.9 Å². The van der Waals surface area contributed by atoms with Crippen LogP contribution in [0.3, 0.4) is 0 Å². The maximum absolute atomic E-state index is 6.45. The molecule has 2 atom stereocenters. The van der Waals surface area contributed by atoms with Crippen molar-refractivity contribution in [3.63, 3.8) is 0 Å². The van der Waals surface area contributed by atoms with Crippen molar-refractivity contribution in [2.45, 2.75) is 32.2 Å². The van der Waals surface area contributed by atoms with Crippen LogP contribution in [-0.2, 0) is 0 Å². The summed E-state index contributed by atoms with van der Waals surface area (Å²) in [4.78, 5) is 4.10. The molecule has 2 aromatic rings. The van der Waals surface area contributed by atoms with Crippen LogP contribution in [0.2, 0.25) is 5.02 Å². The predicted molar refractivity (Wildman–Crippen MR) is 92.8 cm³/mol. The lowest BCUT2D eigenvalue weighted by atomic mass is 9.89. The lowest BCUT2D eigenvalue weighted by Gasteiger charge is -2.27. The van der Waals surface area contributed by atoms with E-state index in [0.717, 1.165) is 28.0 Å². The number of nitrogens with zero attached hydrogens (tertiary/aromatic N) is 1. The molecule has 0 radical (unpaired) electrons. The van der Waals surface area contributed by atoms with Crippen molar-refractivity contribution in [3.05, 3.63) is 63.3 Å². The summed E-state index contributed by atoms with van der Waals surface area (Å²) in [6.45, 7) is 5.36. The normalized spacial score (nSPS) is 13.9. The number of halogens is 2. The van der Waals surface area contributed by atoms with Crippen molar-refractivity contribution < 1.29 is 0 Å². The Morgan fingerprint density at radius 3 is 2.57 bits per heavy atom. The van der Waals surface area contributed by atoms with Gasteiger partial charge in [0.25, 0.3) is 0 Å². The molecule has 1 aromatic heterocycles. The molecule has 2 rings (SSSR count). The molecule has 1 heterocycles. The summed E-state index contributed by atoms with van der Waals surface area (Å²) in [6.07, 6.45) is 4.77. The Balaban J connectivity index is 2.33. The Bertz CT molecular complexity index is 574. The summed E-state index contributed by atoms with van der Waals surface area (Å²) in [6, 6.07) is 10.4. The third kappa shape index (κ3) is 4.29. The highest BCUT2D eigenvalue weighted by atomic mass is 79.9. The van der Waals surface area contributed by atoms with E-state index in [1.807, 2.05) is 24.5 Å². The molecule has 0 bridgehead atoms. The van der Waals surface area contributed by atoms with Crippen LogP contribution in [0.15, 0.2) is 47.2 Å². The van der Waals surface area contributed by atoms with Gasteiger partial charge in [0.2, 0.25) is 0 Å². The minimum Gasteiger partial charge on any atom is -0.309 e. The van der Waals surface area contributed by atoms with Crippen molar-refractivity contribution in [3.8, 4) is 0 Å². The van der Waals surface area contributed by atoms with Gasteiger partial charge in [-0.15, -0.1) is 0 Å². The zero-order valence-corrected chi connectivity index (χ0v) is 14.7. The average Bonchev–Trinajstić information content (AvgIpc) is 2.50. The van der Waals surface area contributed by atoms with Gasteiger partial charge in [-0.05, 0) is 48.4 Å². The Labute approximate surface area is 140 Å². The first-order valence-electron chi connectivity index (χ1n) is 7.21. The fourth-order valence-corrected chi connectivity index (χ4v) is 3.26. The molecule has 1 aromatic carbocycles. The minimum absolute atomic E-state index is 0.188. The molecule has 0 aliphatic rings. The first-order chi connectivity index (χ1) is 10.1. The van der Waals surface area contributed by atoms with E-state index in [0.29, 0.717) is 5.92 Å². The summed E-state index contributed by atoms with van der Waals surface area (Å²) in [7, 11) is 0. The van der Waals surface area contributed by atoms with Crippen LogP contribution < -0.4 is 5.32 Å². The SMILES string of the molecule is CCCNC(c1ccc(Br)cc1Cl)C(C)c1ccncc1. The van der Waals surface area contributed by atoms with Crippen molar-refractivity contribution in [2.24, 2.45) is 0 Å². The summed E-state index contributed by atoms with van der Waals surface area (Å²) in [5.41, 5.74) is 2.40. The van der Waals surface area contributed by atoms with Crippen molar-refractivity contribution in [2.75, 3.05) is 6.54 Å². The van der Waals surface area contributed by atoms with Crippen LogP contribution in [0.5, 0.6) is 0 Å². The standard InChI is InChI=1S/C17H20BrClN2/c1-3-8-21-17(12(2)13-6-9-20-10-7-13)15-5-4-14(18)11-16(15)19/h4-7,9-12,17,21H,3,8H2,1-2H3. The summed E-state index contributed by atoms with van der Waals surface area (Å²) in [5, 5.41) is 4.41. The molecule has 112 valence electrons. The Morgan fingerprint density at radius 1 is 1.24 bits per heavy atom. The van der Waals surface area contributed by atoms with Crippen LogP contribution in [0.1, 0.15) is 43.4 Å². The van der Waals surface area contributed by atoms with E-state index in [4.69, 9.17) is 11.6 Å².